The van der Waals surface area contributed by atoms with Gasteiger partial charge in [0.25, 0.3) is 0 Å². The molecule has 0 spiro atoms. The molecule has 1 heterocycles. The second kappa shape index (κ2) is 3.74. The summed E-state index contributed by atoms with van der Waals surface area (Å²) in [6, 6.07) is 10.5. The second-order valence-electron chi connectivity index (χ2n) is 2.38. The van der Waals surface area contributed by atoms with Crippen LogP contribution in [-0.2, 0) is 0 Å². The molecule has 1 nitrogen and oxygen atoms in total. The molecule has 0 amide bonds. The van der Waals surface area contributed by atoms with Gasteiger partial charge in [-0.05, 0) is 0 Å². The van der Waals surface area contributed by atoms with Crippen LogP contribution in [0.5, 0.6) is 0 Å². The topological polar surface area (TPSA) is 12.9 Å². The van der Waals surface area contributed by atoms with Gasteiger partial charge in [-0.25, -0.2) is 0 Å². The maximum absolute atomic E-state index is 4.26. The summed E-state index contributed by atoms with van der Waals surface area (Å²) >= 11 is 3.15. The number of benzene rings is 1. The molecule has 0 unspecified atom stereocenters. The van der Waals surface area contributed by atoms with Gasteiger partial charge in [-0.3, -0.25) is 0 Å². The van der Waals surface area contributed by atoms with Crippen molar-refractivity contribution in [1.82, 2.24) is 3.21 Å². The molecule has 2 aromatic rings. The molecule has 0 aliphatic heterocycles. The minimum atomic E-state index is -0.264. The Kier molecular flexibility index (Phi) is 2.65. The van der Waals surface area contributed by atoms with E-state index in [1.54, 1.807) is 0 Å². The van der Waals surface area contributed by atoms with E-state index in [2.05, 4.69) is 49.5 Å². The number of hydrogen-bond donors (Lipinski definition) is 0. The summed E-state index contributed by atoms with van der Waals surface area (Å²) in [4.78, 5) is 0. The third kappa shape index (κ3) is 1.80. The van der Waals surface area contributed by atoms with E-state index in [-0.39, 0.29) is 20.7 Å². The van der Waals surface area contributed by atoms with Crippen LogP contribution in [0.2, 0.25) is 0 Å². The normalized spacial score (nSPS) is 10.1. The van der Waals surface area contributed by atoms with E-state index in [1.807, 2.05) is 6.20 Å². The molecular weight excluding hydrogens is 330 g/mol. The Labute approximate surface area is 89.6 Å². The Morgan fingerprint density at radius 2 is 1.83 bits per heavy atom. The van der Waals surface area contributed by atoms with Gasteiger partial charge in [0.2, 0.25) is 0 Å². The molecule has 0 radical (unpaired) electrons. The number of hydrogen-bond acceptors (Lipinski definition) is 1. The van der Waals surface area contributed by atoms with Crippen molar-refractivity contribution in [3.63, 3.8) is 0 Å². The summed E-state index contributed by atoms with van der Waals surface area (Å²) in [6.45, 7) is 0. The number of rotatable bonds is 1. The fourth-order valence-corrected chi connectivity index (χ4v) is 2.95. The van der Waals surface area contributed by atoms with E-state index in [9.17, 15) is 0 Å². The molecule has 60 valence electrons. The zero-order valence-electron chi connectivity index (χ0n) is 6.20. The molecule has 1 aromatic carbocycles. The van der Waals surface area contributed by atoms with Gasteiger partial charge >= 0.3 is 90.0 Å². The Bertz CT molecular complexity index is 353. The first-order valence-corrected chi connectivity index (χ1v) is 6.53. The van der Waals surface area contributed by atoms with Gasteiger partial charge in [-0.1, -0.05) is 0 Å². The van der Waals surface area contributed by atoms with Crippen LogP contribution >= 0.6 is 15.9 Å². The zero-order chi connectivity index (χ0) is 8.39. The molecule has 0 atom stereocenters. The van der Waals surface area contributed by atoms with Crippen LogP contribution in [0.15, 0.2) is 41.0 Å². The molecule has 1 aromatic heterocycles. The van der Waals surface area contributed by atoms with Gasteiger partial charge < -0.3 is 0 Å². The molecule has 0 N–H and O–H groups in total. The Morgan fingerprint density at radius 3 is 2.42 bits per heavy atom. The van der Waals surface area contributed by atoms with Gasteiger partial charge in [-0.15, -0.1) is 0 Å². The van der Waals surface area contributed by atoms with Crippen molar-refractivity contribution in [2.24, 2.45) is 0 Å². The molecule has 0 saturated heterocycles. The maximum atomic E-state index is 4.26. The van der Waals surface area contributed by atoms with E-state index in [1.165, 1.54) is 9.14 Å². The summed E-state index contributed by atoms with van der Waals surface area (Å²) in [5.74, 6) is 0. The van der Waals surface area contributed by atoms with Crippen molar-refractivity contribution in [1.29, 1.82) is 0 Å². The van der Waals surface area contributed by atoms with Gasteiger partial charge in [0, 0.05) is 0 Å². The quantitative estimate of drug-likeness (QED) is 0.730. The summed E-state index contributed by atoms with van der Waals surface area (Å²) < 4.78 is 6.82. The monoisotopic (exact) mass is 337 g/mol. The molecule has 0 aliphatic carbocycles. The van der Waals surface area contributed by atoms with E-state index in [0.717, 1.165) is 4.47 Å². The standard InChI is InChI=1S/C9H6BrNTe/c10-8-3-1-7(2-4-8)9-5-6-11-12-9/h1-6H. The van der Waals surface area contributed by atoms with E-state index < -0.39 is 0 Å². The van der Waals surface area contributed by atoms with Gasteiger partial charge in [0.05, 0.1) is 0 Å². The first-order chi connectivity index (χ1) is 5.86. The zero-order valence-corrected chi connectivity index (χ0v) is 10.1. The first kappa shape index (κ1) is 8.50. The predicted octanol–water partition coefficient (Wildman–Crippen LogP) is 2.57. The average molecular weight is 336 g/mol. The molecule has 0 saturated carbocycles. The molecule has 0 aliphatic rings. The molecule has 0 bridgehead atoms. The predicted molar refractivity (Wildman–Crippen MR) is 54.3 cm³/mol. The average Bonchev–Trinajstić information content (AvgIpc) is 2.58. The van der Waals surface area contributed by atoms with E-state index in [4.69, 9.17) is 0 Å². The van der Waals surface area contributed by atoms with Crippen LogP contribution in [-0.4, -0.2) is 23.9 Å². The summed E-state index contributed by atoms with van der Waals surface area (Å²) in [5, 5.41) is 0. The minimum absolute atomic E-state index is 0.264. The second-order valence-corrected chi connectivity index (χ2v) is 5.68. The van der Waals surface area contributed by atoms with E-state index in [0.29, 0.717) is 0 Å². The fourth-order valence-electron chi connectivity index (χ4n) is 0.979. The van der Waals surface area contributed by atoms with Crippen molar-refractivity contribution in [2.45, 2.75) is 0 Å². The summed E-state index contributed by atoms with van der Waals surface area (Å²) in [7, 11) is 0. The third-order valence-electron chi connectivity index (χ3n) is 1.57. The van der Waals surface area contributed by atoms with Gasteiger partial charge in [0.1, 0.15) is 0 Å². The van der Waals surface area contributed by atoms with Gasteiger partial charge in [0.15, 0.2) is 0 Å². The van der Waals surface area contributed by atoms with Gasteiger partial charge in [-0.2, -0.15) is 0 Å². The number of nitrogens with zero attached hydrogens (tertiary/aromatic N) is 1. The summed E-state index contributed by atoms with van der Waals surface area (Å²) in [6.07, 6.45) is 1.92. The number of halogens is 1. The molecular formula is C9H6BrNTe. The molecule has 0 fully saturated rings. The molecule has 12 heavy (non-hydrogen) atoms. The Hall–Kier alpha value is -0.100. The van der Waals surface area contributed by atoms with Crippen LogP contribution in [0, 0.1) is 0 Å². The fraction of sp³-hybridized carbons (Fsp3) is 0. The summed E-state index contributed by atoms with van der Waals surface area (Å²) in [5.41, 5.74) is 1.32. The van der Waals surface area contributed by atoms with Crippen molar-refractivity contribution >= 4 is 36.6 Å². The first-order valence-electron chi connectivity index (χ1n) is 3.53. The van der Waals surface area contributed by atoms with Crippen LogP contribution in [0.1, 0.15) is 0 Å². The van der Waals surface area contributed by atoms with Crippen molar-refractivity contribution in [3.8, 4) is 9.14 Å². The Morgan fingerprint density at radius 1 is 1.08 bits per heavy atom. The van der Waals surface area contributed by atoms with E-state index >= 15 is 0 Å². The van der Waals surface area contributed by atoms with Crippen molar-refractivity contribution in [3.05, 3.63) is 41.0 Å². The third-order valence-corrected chi connectivity index (χ3v) is 4.37. The molecule has 2 rings (SSSR count). The Balaban J connectivity index is 2.43. The van der Waals surface area contributed by atoms with Crippen molar-refractivity contribution in [2.75, 3.05) is 0 Å². The van der Waals surface area contributed by atoms with Crippen LogP contribution < -0.4 is 0 Å². The number of aromatic nitrogens is 1. The van der Waals surface area contributed by atoms with Crippen LogP contribution in [0.4, 0.5) is 0 Å². The van der Waals surface area contributed by atoms with Crippen LogP contribution in [0.25, 0.3) is 9.14 Å². The SMILES string of the molecule is Brc1ccc(-c2ccn[te]2)cc1. The van der Waals surface area contributed by atoms with Crippen LogP contribution in [0.3, 0.4) is 0 Å². The molecule has 3 heteroatoms. The van der Waals surface area contributed by atoms with Crippen molar-refractivity contribution < 1.29 is 0 Å².